The molecule has 1 unspecified atom stereocenters. The summed E-state index contributed by atoms with van der Waals surface area (Å²) in [6.45, 7) is 1.95. The molecule has 0 bridgehead atoms. The average molecular weight is 267 g/mol. The van der Waals surface area contributed by atoms with E-state index in [1.54, 1.807) is 12.1 Å². The van der Waals surface area contributed by atoms with Crippen molar-refractivity contribution in [3.63, 3.8) is 0 Å². The lowest BCUT2D eigenvalue weighted by molar-refractivity contribution is 0.609. The van der Waals surface area contributed by atoms with Gasteiger partial charge in [-0.15, -0.1) is 0 Å². The summed E-state index contributed by atoms with van der Waals surface area (Å²) < 4.78 is 13.4. The molecule has 2 rings (SSSR count). The zero-order valence-corrected chi connectivity index (χ0v) is 12.0. The highest BCUT2D eigenvalue weighted by atomic mass is 32.2. The molecule has 1 fully saturated rings. The van der Waals surface area contributed by atoms with Crippen LogP contribution in [0.5, 0.6) is 0 Å². The van der Waals surface area contributed by atoms with Gasteiger partial charge in [0.25, 0.3) is 0 Å². The second kappa shape index (κ2) is 6.58. The molecule has 1 aliphatic rings. The van der Waals surface area contributed by atoms with Gasteiger partial charge in [-0.05, 0) is 50.1 Å². The summed E-state index contributed by atoms with van der Waals surface area (Å²) in [5.41, 5.74) is 2.07. The van der Waals surface area contributed by atoms with E-state index in [2.05, 4.69) is 11.4 Å². The van der Waals surface area contributed by atoms with Gasteiger partial charge < -0.3 is 5.32 Å². The van der Waals surface area contributed by atoms with Crippen LogP contribution in [-0.2, 0) is 0 Å². The zero-order valence-electron chi connectivity index (χ0n) is 11.2. The molecule has 0 amide bonds. The number of rotatable bonds is 5. The van der Waals surface area contributed by atoms with E-state index in [9.17, 15) is 4.39 Å². The maximum Gasteiger partial charge on any atom is 0.123 e. The third kappa shape index (κ3) is 3.72. The number of halogens is 1. The van der Waals surface area contributed by atoms with Gasteiger partial charge in [0.05, 0.1) is 0 Å². The maximum absolute atomic E-state index is 13.4. The molecule has 0 aliphatic heterocycles. The monoisotopic (exact) mass is 267 g/mol. The lowest BCUT2D eigenvalue weighted by Gasteiger charge is -2.19. The van der Waals surface area contributed by atoms with Gasteiger partial charge in [-0.1, -0.05) is 18.9 Å². The minimum absolute atomic E-state index is 0.129. The Morgan fingerprint density at radius 2 is 2.06 bits per heavy atom. The molecule has 3 heteroatoms. The molecular weight excluding hydrogens is 245 g/mol. The van der Waals surface area contributed by atoms with Crippen molar-refractivity contribution in [3.05, 3.63) is 35.1 Å². The Labute approximate surface area is 114 Å². The fraction of sp³-hybridized carbons (Fsp3) is 0.600. The largest absolute Gasteiger partial charge is 0.312 e. The summed E-state index contributed by atoms with van der Waals surface area (Å²) in [4.78, 5) is 0. The molecule has 0 spiro atoms. The van der Waals surface area contributed by atoms with E-state index < -0.39 is 0 Å². The first-order valence-corrected chi connectivity index (χ1v) is 7.80. The van der Waals surface area contributed by atoms with Gasteiger partial charge in [0, 0.05) is 17.0 Å². The first-order chi connectivity index (χ1) is 8.69. The number of benzene rings is 1. The molecule has 1 aromatic carbocycles. The second-order valence-electron chi connectivity index (χ2n) is 5.14. The maximum atomic E-state index is 13.4. The van der Waals surface area contributed by atoms with Crippen molar-refractivity contribution < 1.29 is 4.39 Å². The molecule has 1 aromatic rings. The molecule has 1 saturated carbocycles. The van der Waals surface area contributed by atoms with Crippen LogP contribution in [-0.4, -0.2) is 18.1 Å². The van der Waals surface area contributed by atoms with Crippen LogP contribution in [0.15, 0.2) is 18.2 Å². The van der Waals surface area contributed by atoms with Crippen molar-refractivity contribution in [2.45, 2.75) is 43.9 Å². The highest BCUT2D eigenvalue weighted by Crippen LogP contribution is 2.32. The fourth-order valence-corrected chi connectivity index (χ4v) is 4.09. The van der Waals surface area contributed by atoms with Crippen molar-refractivity contribution in [2.75, 3.05) is 12.8 Å². The molecule has 0 heterocycles. The number of aryl methyl sites for hydroxylation is 1. The Bertz CT molecular complexity index is 368. The molecule has 1 aliphatic carbocycles. The molecule has 18 heavy (non-hydrogen) atoms. The van der Waals surface area contributed by atoms with Crippen molar-refractivity contribution in [2.24, 2.45) is 0 Å². The third-order valence-corrected chi connectivity index (χ3v) is 5.08. The minimum atomic E-state index is -0.129. The first-order valence-electron chi connectivity index (χ1n) is 6.75. The van der Waals surface area contributed by atoms with Gasteiger partial charge in [-0.2, -0.15) is 11.8 Å². The number of hydrogen-bond donors (Lipinski definition) is 1. The van der Waals surface area contributed by atoms with Crippen LogP contribution < -0.4 is 5.32 Å². The third-order valence-electron chi connectivity index (χ3n) is 3.62. The van der Waals surface area contributed by atoms with Gasteiger partial charge in [-0.3, -0.25) is 0 Å². The lowest BCUT2D eigenvalue weighted by atomic mass is 10.1. The van der Waals surface area contributed by atoms with E-state index in [1.807, 2.05) is 25.7 Å². The fourth-order valence-electron chi connectivity index (χ4n) is 2.60. The van der Waals surface area contributed by atoms with Gasteiger partial charge in [0.2, 0.25) is 0 Å². The molecule has 1 nitrogen and oxygen atoms in total. The molecule has 1 N–H and O–H groups in total. The quantitative estimate of drug-likeness (QED) is 0.863. The van der Waals surface area contributed by atoms with Crippen molar-refractivity contribution in [1.82, 2.24) is 5.32 Å². The van der Waals surface area contributed by atoms with Gasteiger partial charge in [-0.25, -0.2) is 4.39 Å². The van der Waals surface area contributed by atoms with Crippen LogP contribution in [0.2, 0.25) is 0 Å². The van der Waals surface area contributed by atoms with Crippen molar-refractivity contribution in [3.8, 4) is 0 Å². The van der Waals surface area contributed by atoms with Crippen LogP contribution >= 0.6 is 11.8 Å². The molecule has 100 valence electrons. The Morgan fingerprint density at radius 3 is 2.67 bits per heavy atom. The topological polar surface area (TPSA) is 12.0 Å². The van der Waals surface area contributed by atoms with Crippen LogP contribution in [0.3, 0.4) is 0 Å². The summed E-state index contributed by atoms with van der Waals surface area (Å²) >= 11 is 2.04. The Hall–Kier alpha value is -0.540. The predicted molar refractivity (Wildman–Crippen MR) is 77.7 cm³/mol. The van der Waals surface area contributed by atoms with E-state index in [-0.39, 0.29) is 11.9 Å². The highest BCUT2D eigenvalue weighted by molar-refractivity contribution is 7.99. The van der Waals surface area contributed by atoms with Crippen molar-refractivity contribution in [1.29, 1.82) is 0 Å². The summed E-state index contributed by atoms with van der Waals surface area (Å²) in [5, 5.41) is 4.12. The Kier molecular flexibility index (Phi) is 5.07. The summed E-state index contributed by atoms with van der Waals surface area (Å²) in [7, 11) is 1.96. The van der Waals surface area contributed by atoms with E-state index in [0.29, 0.717) is 0 Å². The zero-order chi connectivity index (χ0) is 13.0. The normalized spacial score (nSPS) is 18.2. The van der Waals surface area contributed by atoms with Crippen LogP contribution in [0, 0.1) is 12.7 Å². The number of thioether (sulfide) groups is 1. The Morgan fingerprint density at radius 1 is 1.33 bits per heavy atom. The van der Waals surface area contributed by atoms with E-state index in [1.165, 1.54) is 25.7 Å². The molecule has 0 saturated heterocycles. The summed E-state index contributed by atoms with van der Waals surface area (Å²) in [6, 6.07) is 5.58. The number of hydrogen-bond acceptors (Lipinski definition) is 2. The van der Waals surface area contributed by atoms with Crippen LogP contribution in [0.25, 0.3) is 0 Å². The smallest absolute Gasteiger partial charge is 0.123 e. The standard InChI is InChI=1S/C15H22FNS/c1-11-7-12(9-13(16)8-11)15(17-2)10-18-14-5-3-4-6-14/h7-9,14-15,17H,3-6,10H2,1-2H3. The van der Waals surface area contributed by atoms with E-state index in [4.69, 9.17) is 0 Å². The lowest BCUT2D eigenvalue weighted by Crippen LogP contribution is -2.20. The number of nitrogens with one attached hydrogen (secondary N) is 1. The van der Waals surface area contributed by atoms with Gasteiger partial charge in [0.1, 0.15) is 5.82 Å². The van der Waals surface area contributed by atoms with Crippen LogP contribution in [0.1, 0.15) is 42.9 Å². The SMILES string of the molecule is CNC(CSC1CCCC1)c1cc(C)cc(F)c1. The van der Waals surface area contributed by atoms with Gasteiger partial charge >= 0.3 is 0 Å². The minimum Gasteiger partial charge on any atom is -0.312 e. The highest BCUT2D eigenvalue weighted by Gasteiger charge is 2.18. The predicted octanol–water partition coefficient (Wildman–Crippen LogP) is 4.07. The molecular formula is C15H22FNS. The summed E-state index contributed by atoms with van der Waals surface area (Å²) in [5.74, 6) is 0.903. The Balaban J connectivity index is 1.98. The molecule has 0 radical (unpaired) electrons. The molecule has 0 aromatic heterocycles. The van der Waals surface area contributed by atoms with Gasteiger partial charge in [0.15, 0.2) is 0 Å². The average Bonchev–Trinajstić information content (AvgIpc) is 2.81. The van der Waals surface area contributed by atoms with E-state index >= 15 is 0 Å². The summed E-state index contributed by atoms with van der Waals surface area (Å²) in [6.07, 6.45) is 5.45. The van der Waals surface area contributed by atoms with E-state index in [0.717, 1.165) is 22.1 Å². The molecule has 1 atom stereocenters. The van der Waals surface area contributed by atoms with Crippen LogP contribution in [0.4, 0.5) is 4.39 Å². The van der Waals surface area contributed by atoms with Crippen molar-refractivity contribution >= 4 is 11.8 Å². The second-order valence-corrected chi connectivity index (χ2v) is 6.48. The first kappa shape index (κ1) is 13.9.